The first-order chi connectivity index (χ1) is 9.25. The van der Waals surface area contributed by atoms with Gasteiger partial charge in [-0.25, -0.2) is 0 Å². The average molecular weight is 259 g/mol. The summed E-state index contributed by atoms with van der Waals surface area (Å²) in [5.74, 6) is 1.24. The Morgan fingerprint density at radius 2 is 2.11 bits per heavy atom. The summed E-state index contributed by atoms with van der Waals surface area (Å²) in [7, 11) is 0. The lowest BCUT2D eigenvalue weighted by molar-refractivity contribution is 0.0376. The predicted molar refractivity (Wildman–Crippen MR) is 78.0 cm³/mol. The molecule has 2 N–H and O–H groups in total. The Hall–Kier alpha value is -0.860. The molecule has 0 saturated heterocycles. The highest BCUT2D eigenvalue weighted by atomic mass is 16.3. The summed E-state index contributed by atoms with van der Waals surface area (Å²) in [4.78, 5) is 0. The SMILES string of the molecule is CC1CCCC(C(O)C2NCCc3ccccc32)C1. The van der Waals surface area contributed by atoms with Gasteiger partial charge >= 0.3 is 0 Å². The van der Waals surface area contributed by atoms with Crippen LogP contribution in [0.3, 0.4) is 0 Å². The Morgan fingerprint density at radius 3 is 2.95 bits per heavy atom. The van der Waals surface area contributed by atoms with Gasteiger partial charge < -0.3 is 10.4 Å². The highest BCUT2D eigenvalue weighted by Gasteiger charge is 2.33. The van der Waals surface area contributed by atoms with Crippen LogP contribution in [0, 0.1) is 11.8 Å². The number of hydrogen-bond donors (Lipinski definition) is 2. The van der Waals surface area contributed by atoms with Crippen molar-refractivity contribution in [2.75, 3.05) is 6.54 Å². The molecule has 1 aromatic rings. The van der Waals surface area contributed by atoms with Gasteiger partial charge in [0, 0.05) is 0 Å². The number of hydrogen-bond acceptors (Lipinski definition) is 2. The van der Waals surface area contributed by atoms with E-state index in [2.05, 4.69) is 36.5 Å². The van der Waals surface area contributed by atoms with E-state index in [1.54, 1.807) is 0 Å². The quantitative estimate of drug-likeness (QED) is 0.855. The Labute approximate surface area is 116 Å². The number of nitrogens with one attached hydrogen (secondary N) is 1. The second-order valence-electron chi connectivity index (χ2n) is 6.40. The highest BCUT2D eigenvalue weighted by Crippen LogP contribution is 2.36. The van der Waals surface area contributed by atoms with Crippen molar-refractivity contribution in [2.45, 2.75) is 51.2 Å². The van der Waals surface area contributed by atoms with Gasteiger partial charge in [-0.3, -0.25) is 0 Å². The fourth-order valence-corrected chi connectivity index (χ4v) is 3.91. The third-order valence-corrected chi connectivity index (χ3v) is 4.95. The minimum absolute atomic E-state index is 0.139. The van der Waals surface area contributed by atoms with E-state index in [0.29, 0.717) is 5.92 Å². The Kier molecular flexibility index (Phi) is 3.90. The Balaban J connectivity index is 1.79. The lowest BCUT2D eigenvalue weighted by atomic mass is 9.75. The highest BCUT2D eigenvalue weighted by molar-refractivity contribution is 5.33. The van der Waals surface area contributed by atoms with Crippen molar-refractivity contribution < 1.29 is 5.11 Å². The molecule has 0 bridgehead atoms. The molecular weight excluding hydrogens is 234 g/mol. The van der Waals surface area contributed by atoms with Crippen molar-refractivity contribution in [1.29, 1.82) is 0 Å². The summed E-state index contributed by atoms with van der Waals surface area (Å²) in [6, 6.07) is 8.73. The molecule has 2 heteroatoms. The van der Waals surface area contributed by atoms with Crippen molar-refractivity contribution >= 4 is 0 Å². The fourth-order valence-electron chi connectivity index (χ4n) is 3.91. The summed E-state index contributed by atoms with van der Waals surface area (Å²) in [6.45, 7) is 3.31. The molecular formula is C17H25NO. The maximum Gasteiger partial charge on any atom is 0.0763 e. The zero-order valence-electron chi connectivity index (χ0n) is 11.8. The average Bonchev–Trinajstić information content (AvgIpc) is 2.46. The lowest BCUT2D eigenvalue weighted by Gasteiger charge is -2.37. The van der Waals surface area contributed by atoms with E-state index in [1.165, 1.54) is 36.8 Å². The van der Waals surface area contributed by atoms with Crippen molar-refractivity contribution in [3.63, 3.8) is 0 Å². The molecule has 19 heavy (non-hydrogen) atoms. The molecule has 1 saturated carbocycles. The molecule has 104 valence electrons. The van der Waals surface area contributed by atoms with Crippen LogP contribution in [0.4, 0.5) is 0 Å². The molecule has 4 atom stereocenters. The summed E-state index contributed by atoms with van der Waals surface area (Å²) in [5, 5.41) is 14.3. The van der Waals surface area contributed by atoms with Gasteiger partial charge in [0.1, 0.15) is 0 Å². The molecule has 1 heterocycles. The second-order valence-corrected chi connectivity index (χ2v) is 6.40. The summed E-state index contributed by atoms with van der Waals surface area (Å²) < 4.78 is 0. The number of aliphatic hydroxyl groups is 1. The Morgan fingerprint density at radius 1 is 1.26 bits per heavy atom. The summed E-state index contributed by atoms with van der Waals surface area (Å²) in [5.41, 5.74) is 2.73. The van der Waals surface area contributed by atoms with E-state index in [0.717, 1.165) is 18.9 Å². The first-order valence-corrected chi connectivity index (χ1v) is 7.75. The van der Waals surface area contributed by atoms with Gasteiger partial charge in [-0.2, -0.15) is 0 Å². The summed E-state index contributed by atoms with van der Waals surface area (Å²) >= 11 is 0. The van der Waals surface area contributed by atoms with E-state index in [4.69, 9.17) is 0 Å². The predicted octanol–water partition coefficient (Wildman–Crippen LogP) is 3.06. The number of aliphatic hydroxyl groups excluding tert-OH is 1. The topological polar surface area (TPSA) is 32.3 Å². The smallest absolute Gasteiger partial charge is 0.0763 e. The van der Waals surface area contributed by atoms with Crippen LogP contribution in [0.5, 0.6) is 0 Å². The van der Waals surface area contributed by atoms with Gasteiger partial charge in [0.25, 0.3) is 0 Å². The van der Waals surface area contributed by atoms with E-state index >= 15 is 0 Å². The maximum absolute atomic E-state index is 10.8. The van der Waals surface area contributed by atoms with Crippen molar-refractivity contribution in [3.05, 3.63) is 35.4 Å². The number of benzene rings is 1. The van der Waals surface area contributed by atoms with Crippen LogP contribution in [0.25, 0.3) is 0 Å². The zero-order valence-corrected chi connectivity index (χ0v) is 11.8. The first kappa shape index (κ1) is 13.1. The molecule has 0 spiro atoms. The van der Waals surface area contributed by atoms with Crippen LogP contribution in [0.1, 0.15) is 49.8 Å². The van der Waals surface area contributed by atoms with Crippen LogP contribution < -0.4 is 5.32 Å². The molecule has 2 nitrogen and oxygen atoms in total. The minimum atomic E-state index is -0.232. The molecule has 0 amide bonds. The molecule has 4 unspecified atom stereocenters. The summed E-state index contributed by atoms with van der Waals surface area (Å²) in [6.07, 6.45) is 5.83. The third-order valence-electron chi connectivity index (χ3n) is 4.95. The molecule has 1 fully saturated rings. The second kappa shape index (κ2) is 5.64. The van der Waals surface area contributed by atoms with E-state index in [1.807, 2.05) is 0 Å². The maximum atomic E-state index is 10.8. The largest absolute Gasteiger partial charge is 0.391 e. The molecule has 1 aliphatic heterocycles. The lowest BCUT2D eigenvalue weighted by Crippen LogP contribution is -2.42. The molecule has 2 aliphatic rings. The Bertz CT molecular complexity index is 431. The van der Waals surface area contributed by atoms with Gasteiger partial charge in [-0.05, 0) is 48.8 Å². The third kappa shape index (κ3) is 2.70. The molecule has 1 aliphatic carbocycles. The van der Waals surface area contributed by atoms with Crippen LogP contribution >= 0.6 is 0 Å². The van der Waals surface area contributed by atoms with Crippen LogP contribution in [-0.4, -0.2) is 17.8 Å². The van der Waals surface area contributed by atoms with Gasteiger partial charge in [-0.1, -0.05) is 44.0 Å². The normalized spacial score (nSPS) is 32.6. The van der Waals surface area contributed by atoms with Gasteiger partial charge in [0.05, 0.1) is 12.1 Å². The van der Waals surface area contributed by atoms with Gasteiger partial charge in [0.15, 0.2) is 0 Å². The van der Waals surface area contributed by atoms with E-state index < -0.39 is 0 Å². The molecule has 3 rings (SSSR count). The standard InChI is InChI=1S/C17H25NO/c1-12-5-4-7-14(11-12)17(19)16-15-8-3-2-6-13(15)9-10-18-16/h2-3,6,8,12,14,16-19H,4-5,7,9-11H2,1H3. The molecule has 0 aromatic heterocycles. The number of fused-ring (bicyclic) bond motifs is 1. The van der Waals surface area contributed by atoms with E-state index in [9.17, 15) is 5.11 Å². The van der Waals surface area contributed by atoms with E-state index in [-0.39, 0.29) is 12.1 Å². The fraction of sp³-hybridized carbons (Fsp3) is 0.647. The van der Waals surface area contributed by atoms with Crippen molar-refractivity contribution in [2.24, 2.45) is 11.8 Å². The van der Waals surface area contributed by atoms with Crippen LogP contribution in [0.15, 0.2) is 24.3 Å². The zero-order chi connectivity index (χ0) is 13.2. The minimum Gasteiger partial charge on any atom is -0.391 e. The molecule has 1 aromatic carbocycles. The number of rotatable bonds is 2. The van der Waals surface area contributed by atoms with Gasteiger partial charge in [0.2, 0.25) is 0 Å². The molecule has 0 radical (unpaired) electrons. The van der Waals surface area contributed by atoms with Crippen molar-refractivity contribution in [3.8, 4) is 0 Å². The van der Waals surface area contributed by atoms with Crippen LogP contribution in [-0.2, 0) is 6.42 Å². The monoisotopic (exact) mass is 259 g/mol. The van der Waals surface area contributed by atoms with Crippen molar-refractivity contribution in [1.82, 2.24) is 5.32 Å². The van der Waals surface area contributed by atoms with Crippen LogP contribution in [0.2, 0.25) is 0 Å². The first-order valence-electron chi connectivity index (χ1n) is 7.75. The van der Waals surface area contributed by atoms with Gasteiger partial charge in [-0.15, -0.1) is 0 Å².